The van der Waals surface area contributed by atoms with Crippen LogP contribution in [0.15, 0.2) is 11.6 Å². The van der Waals surface area contributed by atoms with Gasteiger partial charge in [-0.05, 0) is 12.3 Å². The zero-order valence-corrected chi connectivity index (χ0v) is 10.5. The Morgan fingerprint density at radius 2 is 2.00 bits per heavy atom. The largest absolute Gasteiger partial charge is 0.466 e. The van der Waals surface area contributed by atoms with E-state index in [1.165, 1.54) is 14.0 Å². The summed E-state index contributed by atoms with van der Waals surface area (Å²) in [5, 5.41) is 8.62. The molecule has 0 fully saturated rings. The summed E-state index contributed by atoms with van der Waals surface area (Å²) in [5.74, 6) is -0.937. The van der Waals surface area contributed by atoms with Crippen LogP contribution < -0.4 is 0 Å². The van der Waals surface area contributed by atoms with E-state index >= 15 is 0 Å². The van der Waals surface area contributed by atoms with Crippen LogP contribution in [-0.4, -0.2) is 25.2 Å². The fourth-order valence-corrected chi connectivity index (χ4v) is 1.34. The van der Waals surface area contributed by atoms with Crippen LogP contribution >= 0.6 is 0 Å². The SMILES string of the molecule is COC(=O)/C(=C\C#N)[C@@H](CC(C)C)OC(C)=O. The topological polar surface area (TPSA) is 76.4 Å². The van der Waals surface area contributed by atoms with Crippen molar-refractivity contribution >= 4 is 11.9 Å². The molecular formula is C12H17NO4. The number of carbonyl (C=O) groups is 2. The summed E-state index contributed by atoms with van der Waals surface area (Å²) in [7, 11) is 1.22. The molecule has 0 aromatic rings. The molecule has 0 rings (SSSR count). The fraction of sp³-hybridized carbons (Fsp3) is 0.583. The zero-order valence-electron chi connectivity index (χ0n) is 10.5. The monoisotopic (exact) mass is 239 g/mol. The first-order valence-electron chi connectivity index (χ1n) is 5.27. The van der Waals surface area contributed by atoms with Crippen molar-refractivity contribution in [1.29, 1.82) is 5.26 Å². The molecule has 5 nitrogen and oxygen atoms in total. The molecule has 0 saturated carbocycles. The molecule has 0 radical (unpaired) electrons. The molecule has 0 aliphatic carbocycles. The maximum absolute atomic E-state index is 11.5. The summed E-state index contributed by atoms with van der Waals surface area (Å²) in [4.78, 5) is 22.4. The number of hydrogen-bond acceptors (Lipinski definition) is 5. The predicted octanol–water partition coefficient (Wildman–Crippen LogP) is 1.59. The van der Waals surface area contributed by atoms with Gasteiger partial charge in [-0.1, -0.05) is 13.8 Å². The molecule has 5 heteroatoms. The standard InChI is InChI=1S/C12H17NO4/c1-8(2)7-11(17-9(3)14)10(5-6-13)12(15)16-4/h5,8,11H,7H2,1-4H3/b10-5-/t11-/m1/s1. The summed E-state index contributed by atoms with van der Waals surface area (Å²) in [6, 6.07) is 1.76. The number of allylic oxidation sites excluding steroid dienone is 1. The second-order valence-electron chi connectivity index (χ2n) is 3.95. The first-order valence-corrected chi connectivity index (χ1v) is 5.27. The number of esters is 2. The summed E-state index contributed by atoms with van der Waals surface area (Å²) in [6.45, 7) is 5.12. The Morgan fingerprint density at radius 1 is 1.41 bits per heavy atom. The lowest BCUT2D eigenvalue weighted by Gasteiger charge is -2.19. The minimum absolute atomic E-state index is 0.0684. The highest BCUT2D eigenvalue weighted by Gasteiger charge is 2.25. The van der Waals surface area contributed by atoms with Crippen LogP contribution in [0.5, 0.6) is 0 Å². The molecule has 0 aromatic carbocycles. The number of carbonyl (C=O) groups excluding carboxylic acids is 2. The van der Waals surface area contributed by atoms with Crippen LogP contribution in [-0.2, 0) is 19.1 Å². The van der Waals surface area contributed by atoms with E-state index in [0.29, 0.717) is 6.42 Å². The third kappa shape index (κ3) is 5.71. The van der Waals surface area contributed by atoms with Gasteiger partial charge in [0.05, 0.1) is 18.8 Å². The lowest BCUT2D eigenvalue weighted by molar-refractivity contribution is -0.147. The van der Waals surface area contributed by atoms with Crippen LogP contribution in [0.3, 0.4) is 0 Å². The minimum atomic E-state index is -0.736. The number of ether oxygens (including phenoxy) is 2. The molecule has 0 spiro atoms. The summed E-state index contributed by atoms with van der Waals surface area (Å²) in [5.41, 5.74) is 0.0684. The van der Waals surface area contributed by atoms with Gasteiger partial charge in [0.2, 0.25) is 0 Å². The van der Waals surface area contributed by atoms with Gasteiger partial charge in [-0.25, -0.2) is 4.79 Å². The van der Waals surface area contributed by atoms with Crippen LogP contribution in [0.25, 0.3) is 0 Å². The molecule has 94 valence electrons. The van der Waals surface area contributed by atoms with E-state index in [2.05, 4.69) is 4.74 Å². The fourth-order valence-electron chi connectivity index (χ4n) is 1.34. The van der Waals surface area contributed by atoms with Gasteiger partial charge in [0.1, 0.15) is 6.10 Å². The van der Waals surface area contributed by atoms with E-state index in [1.54, 1.807) is 6.07 Å². The highest BCUT2D eigenvalue weighted by molar-refractivity contribution is 5.90. The van der Waals surface area contributed by atoms with Crippen LogP contribution in [0, 0.1) is 17.2 Å². The van der Waals surface area contributed by atoms with Gasteiger partial charge in [0, 0.05) is 13.0 Å². The van der Waals surface area contributed by atoms with Crippen LogP contribution in [0.2, 0.25) is 0 Å². The van der Waals surface area contributed by atoms with E-state index < -0.39 is 18.0 Å². The number of methoxy groups -OCH3 is 1. The Morgan fingerprint density at radius 3 is 2.35 bits per heavy atom. The van der Waals surface area contributed by atoms with Crippen molar-refractivity contribution in [3.8, 4) is 6.07 Å². The Hall–Kier alpha value is -1.83. The number of nitrogens with zero attached hydrogens (tertiary/aromatic N) is 1. The lowest BCUT2D eigenvalue weighted by Crippen LogP contribution is -2.26. The van der Waals surface area contributed by atoms with E-state index in [4.69, 9.17) is 10.00 Å². The van der Waals surface area contributed by atoms with Gasteiger partial charge in [-0.15, -0.1) is 0 Å². The van der Waals surface area contributed by atoms with Gasteiger partial charge in [-0.3, -0.25) is 4.79 Å². The van der Waals surface area contributed by atoms with Crippen LogP contribution in [0.1, 0.15) is 27.2 Å². The normalized spacial score (nSPS) is 12.8. The smallest absolute Gasteiger partial charge is 0.338 e. The second-order valence-corrected chi connectivity index (χ2v) is 3.95. The van der Waals surface area contributed by atoms with Crippen molar-refractivity contribution in [1.82, 2.24) is 0 Å². The molecule has 0 aliphatic heterocycles. The first kappa shape index (κ1) is 15.2. The Balaban J connectivity index is 5.08. The van der Waals surface area contributed by atoms with E-state index in [-0.39, 0.29) is 11.5 Å². The maximum atomic E-state index is 11.5. The molecule has 0 amide bonds. The highest BCUT2D eigenvalue weighted by atomic mass is 16.6. The van der Waals surface area contributed by atoms with Crippen molar-refractivity contribution in [2.45, 2.75) is 33.3 Å². The molecule has 1 atom stereocenters. The summed E-state index contributed by atoms with van der Waals surface area (Å²) < 4.78 is 9.60. The Kier molecular flexibility index (Phi) is 6.64. The summed E-state index contributed by atoms with van der Waals surface area (Å²) >= 11 is 0. The van der Waals surface area contributed by atoms with E-state index in [9.17, 15) is 9.59 Å². The second kappa shape index (κ2) is 7.44. The lowest BCUT2D eigenvalue weighted by atomic mass is 9.99. The third-order valence-corrected chi connectivity index (χ3v) is 1.98. The average Bonchev–Trinajstić information content (AvgIpc) is 2.22. The zero-order chi connectivity index (χ0) is 13.4. The third-order valence-electron chi connectivity index (χ3n) is 1.98. The van der Waals surface area contributed by atoms with Gasteiger partial charge < -0.3 is 9.47 Å². The average molecular weight is 239 g/mol. The predicted molar refractivity (Wildman–Crippen MR) is 60.7 cm³/mol. The number of hydrogen-bond donors (Lipinski definition) is 0. The van der Waals surface area contributed by atoms with E-state index in [0.717, 1.165) is 6.08 Å². The Labute approximate surface area is 101 Å². The number of rotatable bonds is 5. The molecule has 0 bridgehead atoms. The summed E-state index contributed by atoms with van der Waals surface area (Å²) in [6.07, 6.45) is 0.781. The van der Waals surface area contributed by atoms with Crippen molar-refractivity contribution < 1.29 is 19.1 Å². The van der Waals surface area contributed by atoms with Gasteiger partial charge in [0.25, 0.3) is 0 Å². The highest BCUT2D eigenvalue weighted by Crippen LogP contribution is 2.18. The van der Waals surface area contributed by atoms with Crippen molar-refractivity contribution in [3.05, 3.63) is 11.6 Å². The molecular weight excluding hydrogens is 222 g/mol. The van der Waals surface area contributed by atoms with Crippen molar-refractivity contribution in [3.63, 3.8) is 0 Å². The number of nitriles is 1. The Bertz CT molecular complexity index is 352. The van der Waals surface area contributed by atoms with Crippen molar-refractivity contribution in [2.24, 2.45) is 5.92 Å². The molecule has 17 heavy (non-hydrogen) atoms. The van der Waals surface area contributed by atoms with E-state index in [1.807, 2.05) is 13.8 Å². The maximum Gasteiger partial charge on any atom is 0.338 e. The van der Waals surface area contributed by atoms with Gasteiger partial charge in [-0.2, -0.15) is 5.26 Å². The molecule has 0 aromatic heterocycles. The van der Waals surface area contributed by atoms with Gasteiger partial charge >= 0.3 is 11.9 Å². The molecule has 0 heterocycles. The van der Waals surface area contributed by atoms with Crippen molar-refractivity contribution in [2.75, 3.05) is 7.11 Å². The molecule has 0 aliphatic rings. The van der Waals surface area contributed by atoms with Crippen LogP contribution in [0.4, 0.5) is 0 Å². The van der Waals surface area contributed by atoms with Gasteiger partial charge in [0.15, 0.2) is 0 Å². The quantitative estimate of drug-likeness (QED) is 0.413. The minimum Gasteiger partial charge on any atom is -0.466 e. The molecule has 0 saturated heterocycles. The molecule has 0 unspecified atom stereocenters. The first-order chi connectivity index (χ1) is 7.92. The molecule has 0 N–H and O–H groups in total.